The van der Waals surface area contributed by atoms with Crippen LogP contribution in [0.3, 0.4) is 0 Å². The zero-order valence-corrected chi connectivity index (χ0v) is 21.7. The molecule has 4 N–H and O–H groups in total. The Labute approximate surface area is 223 Å². The minimum atomic E-state index is -4.90. The van der Waals surface area contributed by atoms with Crippen molar-refractivity contribution in [2.45, 2.75) is 11.7 Å². The van der Waals surface area contributed by atoms with Crippen molar-refractivity contribution in [1.82, 2.24) is 24.7 Å². The molecule has 220 valence electrons. The lowest BCUT2D eigenvalue weighted by Crippen LogP contribution is -2.49. The number of imide groups is 1. The van der Waals surface area contributed by atoms with Crippen LogP contribution in [0, 0.1) is 0 Å². The van der Waals surface area contributed by atoms with E-state index in [4.69, 9.17) is 9.39 Å². The highest BCUT2D eigenvalue weighted by molar-refractivity contribution is 7.87. The second kappa shape index (κ2) is 14.2. The molecule has 2 saturated heterocycles. The number of carboxylic acid groups (broad SMARTS) is 3. The molecule has 0 bridgehead atoms. The predicted molar refractivity (Wildman–Crippen MR) is 127 cm³/mol. The van der Waals surface area contributed by atoms with E-state index in [-0.39, 0.29) is 77.1 Å². The van der Waals surface area contributed by atoms with Crippen molar-refractivity contribution in [3.05, 3.63) is 0 Å². The first-order chi connectivity index (χ1) is 18.1. The molecule has 1 atom stereocenters. The van der Waals surface area contributed by atoms with E-state index < -0.39 is 64.0 Å². The van der Waals surface area contributed by atoms with Crippen LogP contribution in [0.1, 0.15) is 6.42 Å². The molecular weight excluding hydrogens is 550 g/mol. The maximum atomic E-state index is 12.6. The Kier molecular flexibility index (Phi) is 11.7. The SMILES string of the molecule is O=C(O)CN1CCN(CC(=O)O)CCN(CC(=O)ON2C(=O)CC(S(=O)(=O)O)C2=O)CCN(CC(=O)O)CC1. The number of hydrogen-bond donors (Lipinski definition) is 4. The van der Waals surface area contributed by atoms with Crippen LogP contribution >= 0.6 is 0 Å². The number of carbonyl (C=O) groups is 6. The van der Waals surface area contributed by atoms with Crippen LogP contribution in [-0.4, -0.2) is 172 Å². The lowest BCUT2D eigenvalue weighted by molar-refractivity contribution is -0.198. The van der Waals surface area contributed by atoms with Crippen molar-refractivity contribution in [1.29, 1.82) is 0 Å². The summed E-state index contributed by atoms with van der Waals surface area (Å²) in [5.74, 6) is -7.05. The number of hydroxylamine groups is 2. The monoisotopic (exact) mass is 581 g/mol. The molecule has 18 nitrogen and oxygen atoms in total. The Hall–Kier alpha value is -3.23. The average Bonchev–Trinajstić information content (AvgIpc) is 3.08. The van der Waals surface area contributed by atoms with Crippen molar-refractivity contribution in [3.63, 3.8) is 0 Å². The largest absolute Gasteiger partial charge is 0.480 e. The second-order valence-corrected chi connectivity index (χ2v) is 10.6. The van der Waals surface area contributed by atoms with Gasteiger partial charge in [-0.25, -0.2) is 4.79 Å². The van der Waals surface area contributed by atoms with Crippen molar-refractivity contribution < 1.29 is 61.9 Å². The highest BCUT2D eigenvalue weighted by atomic mass is 32.2. The summed E-state index contributed by atoms with van der Waals surface area (Å²) in [5, 5.41) is 25.6. The van der Waals surface area contributed by atoms with Gasteiger partial charge in [-0.3, -0.25) is 48.1 Å². The van der Waals surface area contributed by atoms with Gasteiger partial charge in [-0.2, -0.15) is 8.42 Å². The minimum Gasteiger partial charge on any atom is -0.480 e. The van der Waals surface area contributed by atoms with Crippen LogP contribution in [0.5, 0.6) is 0 Å². The summed E-state index contributed by atoms with van der Waals surface area (Å²) >= 11 is 0. The smallest absolute Gasteiger partial charge is 0.347 e. The van der Waals surface area contributed by atoms with Gasteiger partial charge in [0, 0.05) is 52.4 Å². The molecule has 2 heterocycles. The fourth-order valence-corrected chi connectivity index (χ4v) is 4.71. The molecular formula is C20H31N5O13S. The van der Waals surface area contributed by atoms with Gasteiger partial charge in [-0.05, 0) is 0 Å². The lowest BCUT2D eigenvalue weighted by atomic mass is 10.3. The van der Waals surface area contributed by atoms with Gasteiger partial charge in [0.1, 0.15) is 0 Å². The van der Waals surface area contributed by atoms with Crippen LogP contribution in [0.4, 0.5) is 0 Å². The molecule has 2 amide bonds. The predicted octanol–water partition coefficient (Wildman–Crippen LogP) is -4.06. The first-order valence-corrected chi connectivity index (χ1v) is 13.2. The maximum absolute atomic E-state index is 12.6. The van der Waals surface area contributed by atoms with Crippen LogP contribution in [0.15, 0.2) is 0 Å². The van der Waals surface area contributed by atoms with Gasteiger partial charge in [0.2, 0.25) is 0 Å². The third-order valence-corrected chi connectivity index (χ3v) is 7.06. The van der Waals surface area contributed by atoms with E-state index in [0.29, 0.717) is 0 Å². The van der Waals surface area contributed by atoms with Gasteiger partial charge in [0.05, 0.1) is 32.6 Å². The summed E-state index contributed by atoms with van der Waals surface area (Å²) in [7, 11) is -4.90. The highest BCUT2D eigenvalue weighted by Gasteiger charge is 2.48. The van der Waals surface area contributed by atoms with Gasteiger partial charge >= 0.3 is 23.9 Å². The number of amides is 2. The fraction of sp³-hybridized carbons (Fsp3) is 0.700. The maximum Gasteiger partial charge on any atom is 0.347 e. The molecule has 0 radical (unpaired) electrons. The van der Waals surface area contributed by atoms with Gasteiger partial charge in [-0.1, -0.05) is 0 Å². The summed E-state index contributed by atoms with van der Waals surface area (Å²) in [6.45, 7) is -0.599. The number of rotatable bonds is 10. The summed E-state index contributed by atoms with van der Waals surface area (Å²) in [4.78, 5) is 81.4. The molecule has 0 aromatic carbocycles. The van der Waals surface area contributed by atoms with E-state index in [1.165, 1.54) is 14.7 Å². The molecule has 2 fully saturated rings. The van der Waals surface area contributed by atoms with E-state index >= 15 is 0 Å². The quantitative estimate of drug-likeness (QED) is 0.142. The molecule has 1 unspecified atom stereocenters. The molecule has 19 heteroatoms. The Morgan fingerprint density at radius 3 is 1.31 bits per heavy atom. The van der Waals surface area contributed by atoms with Crippen molar-refractivity contribution in [2.24, 2.45) is 0 Å². The summed E-state index contributed by atoms with van der Waals surface area (Å²) in [5.41, 5.74) is 0. The van der Waals surface area contributed by atoms with E-state index in [1.54, 1.807) is 4.90 Å². The number of nitrogens with zero attached hydrogens (tertiary/aromatic N) is 5. The number of hydrogen-bond acceptors (Lipinski definition) is 13. The minimum absolute atomic E-state index is 0.0260. The Morgan fingerprint density at radius 1 is 0.692 bits per heavy atom. The van der Waals surface area contributed by atoms with Crippen LogP contribution < -0.4 is 0 Å². The van der Waals surface area contributed by atoms with Gasteiger partial charge in [0.15, 0.2) is 5.25 Å². The Balaban J connectivity index is 2.15. The standard InChI is InChI=1S/C20H31N5O13S/c26-15-9-14(39(35,36)37)20(34)25(15)38-19(33)13-24-7-5-22(11-17(29)30)3-1-21(10-16(27)28)2-4-23(6-8-24)12-18(31)32/h14H,1-13H2,(H,27,28)(H,29,30)(H,31,32)(H,35,36,37). The summed E-state index contributed by atoms with van der Waals surface area (Å²) < 4.78 is 31.7. The zero-order valence-electron chi connectivity index (χ0n) is 20.9. The first kappa shape index (κ1) is 32.0. The molecule has 2 aliphatic heterocycles. The Bertz CT molecular complexity index is 1040. The lowest BCUT2D eigenvalue weighted by Gasteiger charge is -2.32. The molecule has 39 heavy (non-hydrogen) atoms. The van der Waals surface area contributed by atoms with Crippen molar-refractivity contribution >= 4 is 45.8 Å². The molecule has 2 aliphatic rings. The molecule has 0 aromatic rings. The zero-order chi connectivity index (χ0) is 29.3. The molecule has 0 aliphatic carbocycles. The van der Waals surface area contributed by atoms with Gasteiger partial charge in [-0.15, -0.1) is 5.06 Å². The van der Waals surface area contributed by atoms with Crippen LogP contribution in [0.2, 0.25) is 0 Å². The third-order valence-electron chi connectivity index (χ3n) is 5.97. The fourth-order valence-electron chi connectivity index (χ4n) is 4.01. The van der Waals surface area contributed by atoms with E-state index in [2.05, 4.69) is 0 Å². The number of carboxylic acids is 3. The number of carbonyl (C=O) groups excluding carboxylic acids is 3. The third kappa shape index (κ3) is 10.8. The average molecular weight is 582 g/mol. The highest BCUT2D eigenvalue weighted by Crippen LogP contribution is 2.19. The molecule has 0 saturated carbocycles. The molecule has 0 aromatic heterocycles. The second-order valence-electron chi connectivity index (χ2n) is 8.98. The van der Waals surface area contributed by atoms with Crippen molar-refractivity contribution in [3.8, 4) is 0 Å². The molecule has 2 rings (SSSR count). The van der Waals surface area contributed by atoms with E-state index in [9.17, 15) is 52.5 Å². The molecule has 0 spiro atoms. The van der Waals surface area contributed by atoms with Crippen molar-refractivity contribution in [2.75, 3.05) is 78.5 Å². The van der Waals surface area contributed by atoms with Gasteiger partial charge in [0.25, 0.3) is 21.9 Å². The van der Waals surface area contributed by atoms with E-state index in [0.717, 1.165) is 0 Å². The van der Waals surface area contributed by atoms with Crippen LogP contribution in [-0.2, 0) is 43.7 Å². The summed E-state index contributed by atoms with van der Waals surface area (Å²) in [6.07, 6.45) is -0.901. The van der Waals surface area contributed by atoms with Crippen LogP contribution in [0.25, 0.3) is 0 Å². The Morgan fingerprint density at radius 2 is 1.03 bits per heavy atom. The number of aliphatic carboxylic acids is 3. The van der Waals surface area contributed by atoms with Gasteiger partial charge < -0.3 is 20.2 Å². The summed E-state index contributed by atoms with van der Waals surface area (Å²) in [6, 6.07) is 0. The first-order valence-electron chi connectivity index (χ1n) is 11.7. The van der Waals surface area contributed by atoms with E-state index in [1.807, 2.05) is 0 Å². The topological polar surface area (TPSA) is 243 Å². The normalized spacial score (nSPS) is 21.8.